The number of halogens is 1. The van der Waals surface area contributed by atoms with E-state index in [4.69, 9.17) is 21.2 Å². The van der Waals surface area contributed by atoms with Crippen molar-refractivity contribution >= 4 is 25.6 Å². The molecule has 0 bridgehead atoms. The van der Waals surface area contributed by atoms with Gasteiger partial charge >= 0.3 is 0 Å². The minimum absolute atomic E-state index is 0.00878. The zero-order chi connectivity index (χ0) is 14.8. The third-order valence-electron chi connectivity index (χ3n) is 2.41. The Hall–Kier alpha value is -1.27. The van der Waals surface area contributed by atoms with E-state index in [9.17, 15) is 13.2 Å². The second kappa shape index (κ2) is 5.38. The minimum Gasteiger partial charge on any atom is -0.483 e. The van der Waals surface area contributed by atoms with Gasteiger partial charge in [-0.05, 0) is 23.6 Å². The molecule has 0 heterocycles. The fourth-order valence-corrected chi connectivity index (χ4v) is 2.30. The molecule has 0 radical (unpaired) electrons. The third kappa shape index (κ3) is 4.40. The predicted octanol–water partition coefficient (Wildman–Crippen LogP) is 1.78. The van der Waals surface area contributed by atoms with Crippen LogP contribution in [0.5, 0.6) is 5.75 Å². The summed E-state index contributed by atoms with van der Waals surface area (Å²) in [5, 5.41) is 0. The monoisotopic (exact) mass is 305 g/mol. The van der Waals surface area contributed by atoms with Gasteiger partial charge in [-0.2, -0.15) is 0 Å². The van der Waals surface area contributed by atoms with Crippen molar-refractivity contribution in [2.24, 2.45) is 5.73 Å². The summed E-state index contributed by atoms with van der Waals surface area (Å²) in [4.78, 5) is 10.7. The van der Waals surface area contributed by atoms with Crippen molar-refractivity contribution in [2.75, 3.05) is 6.61 Å². The second-order valence-electron chi connectivity index (χ2n) is 5.10. The SMILES string of the molecule is CC(C)(C)c1cc(S(=O)(=O)Cl)ccc1OCC(N)=O. The summed E-state index contributed by atoms with van der Waals surface area (Å²) in [5.41, 5.74) is 5.28. The van der Waals surface area contributed by atoms with E-state index in [1.54, 1.807) is 0 Å². The highest BCUT2D eigenvalue weighted by molar-refractivity contribution is 8.13. The van der Waals surface area contributed by atoms with Crippen molar-refractivity contribution in [3.8, 4) is 5.75 Å². The highest BCUT2D eigenvalue weighted by Crippen LogP contribution is 2.34. The average molecular weight is 306 g/mol. The lowest BCUT2D eigenvalue weighted by atomic mass is 9.86. The standard InChI is InChI=1S/C12H16ClNO4S/c1-12(2,3)9-6-8(19(13,16)17)4-5-10(9)18-7-11(14)15/h4-6H,7H2,1-3H3,(H2,14,15). The quantitative estimate of drug-likeness (QED) is 0.859. The Morgan fingerprint density at radius 2 is 1.95 bits per heavy atom. The number of nitrogens with two attached hydrogens (primary N) is 1. The first-order valence-electron chi connectivity index (χ1n) is 5.52. The molecule has 2 N–H and O–H groups in total. The van der Waals surface area contributed by atoms with Gasteiger partial charge in [0.2, 0.25) is 0 Å². The number of benzene rings is 1. The van der Waals surface area contributed by atoms with Crippen LogP contribution < -0.4 is 10.5 Å². The molecule has 19 heavy (non-hydrogen) atoms. The Balaban J connectivity index is 3.29. The maximum Gasteiger partial charge on any atom is 0.261 e. The van der Waals surface area contributed by atoms with Crippen LogP contribution in [-0.4, -0.2) is 20.9 Å². The van der Waals surface area contributed by atoms with Crippen molar-refractivity contribution in [3.05, 3.63) is 23.8 Å². The molecule has 0 aromatic heterocycles. The van der Waals surface area contributed by atoms with Crippen LogP contribution >= 0.6 is 10.7 Å². The molecular formula is C12H16ClNO4S. The van der Waals surface area contributed by atoms with Crippen LogP contribution in [0.15, 0.2) is 23.1 Å². The number of carbonyl (C=O) groups excluding carboxylic acids is 1. The van der Waals surface area contributed by atoms with Crippen molar-refractivity contribution in [2.45, 2.75) is 31.1 Å². The first-order chi connectivity index (χ1) is 8.51. The van der Waals surface area contributed by atoms with Crippen LogP contribution in [-0.2, 0) is 19.3 Å². The van der Waals surface area contributed by atoms with E-state index in [-0.39, 0.29) is 16.9 Å². The van der Waals surface area contributed by atoms with E-state index in [0.717, 1.165) is 0 Å². The predicted molar refractivity (Wildman–Crippen MR) is 72.9 cm³/mol. The molecule has 0 aliphatic heterocycles. The molecule has 0 spiro atoms. The largest absolute Gasteiger partial charge is 0.483 e. The van der Waals surface area contributed by atoms with Gasteiger partial charge < -0.3 is 10.5 Å². The summed E-state index contributed by atoms with van der Waals surface area (Å²) < 4.78 is 28.0. The first-order valence-corrected chi connectivity index (χ1v) is 7.83. The van der Waals surface area contributed by atoms with Gasteiger partial charge in [0.15, 0.2) is 6.61 Å². The number of amides is 1. The summed E-state index contributed by atoms with van der Waals surface area (Å²) in [6.45, 7) is 5.41. The minimum atomic E-state index is -3.81. The van der Waals surface area contributed by atoms with E-state index in [0.29, 0.717) is 11.3 Å². The Kier molecular flexibility index (Phi) is 4.47. The lowest BCUT2D eigenvalue weighted by Gasteiger charge is -2.23. The fraction of sp³-hybridized carbons (Fsp3) is 0.417. The zero-order valence-corrected chi connectivity index (χ0v) is 12.5. The van der Waals surface area contributed by atoms with Crippen molar-refractivity contribution in [3.63, 3.8) is 0 Å². The lowest BCUT2D eigenvalue weighted by molar-refractivity contribution is -0.119. The van der Waals surface area contributed by atoms with Crippen molar-refractivity contribution < 1.29 is 17.9 Å². The topological polar surface area (TPSA) is 86.5 Å². The molecule has 0 saturated heterocycles. The van der Waals surface area contributed by atoms with Crippen LogP contribution in [0, 0.1) is 0 Å². The maximum atomic E-state index is 11.3. The van der Waals surface area contributed by atoms with Crippen molar-refractivity contribution in [1.82, 2.24) is 0 Å². The molecule has 106 valence electrons. The second-order valence-corrected chi connectivity index (χ2v) is 7.67. The van der Waals surface area contributed by atoms with Gasteiger partial charge in [0.1, 0.15) is 5.75 Å². The molecule has 0 unspecified atom stereocenters. The Morgan fingerprint density at radius 3 is 2.37 bits per heavy atom. The van der Waals surface area contributed by atoms with Crippen molar-refractivity contribution in [1.29, 1.82) is 0 Å². The van der Waals surface area contributed by atoms with Crippen LogP contribution in [0.3, 0.4) is 0 Å². The Bertz CT molecular complexity index is 590. The molecule has 1 aromatic carbocycles. The third-order valence-corrected chi connectivity index (χ3v) is 3.76. The lowest BCUT2D eigenvalue weighted by Crippen LogP contribution is -2.22. The molecular weight excluding hydrogens is 290 g/mol. The number of hydrogen-bond donors (Lipinski definition) is 1. The molecule has 0 atom stereocenters. The van der Waals surface area contributed by atoms with Gasteiger partial charge in [0.25, 0.3) is 15.0 Å². The van der Waals surface area contributed by atoms with E-state index in [1.165, 1.54) is 18.2 Å². The molecule has 1 amide bonds. The van der Waals surface area contributed by atoms with Crippen LogP contribution in [0.1, 0.15) is 26.3 Å². The molecule has 1 aromatic rings. The highest BCUT2D eigenvalue weighted by atomic mass is 35.7. The molecule has 5 nitrogen and oxygen atoms in total. The summed E-state index contributed by atoms with van der Waals surface area (Å²) >= 11 is 0. The van der Waals surface area contributed by atoms with Crippen LogP contribution in [0.2, 0.25) is 0 Å². The molecule has 0 aliphatic carbocycles. The summed E-state index contributed by atoms with van der Waals surface area (Å²) in [6, 6.07) is 4.24. The number of ether oxygens (including phenoxy) is 1. The summed E-state index contributed by atoms with van der Waals surface area (Å²) in [5.74, 6) is -0.190. The molecule has 0 saturated carbocycles. The Labute approximate surface area is 117 Å². The van der Waals surface area contributed by atoms with E-state index < -0.39 is 15.0 Å². The summed E-state index contributed by atoms with van der Waals surface area (Å²) in [6.07, 6.45) is 0. The first kappa shape index (κ1) is 15.8. The number of rotatable bonds is 4. The van der Waals surface area contributed by atoms with Gasteiger partial charge in [-0.1, -0.05) is 20.8 Å². The Morgan fingerprint density at radius 1 is 1.37 bits per heavy atom. The molecule has 1 rings (SSSR count). The molecule has 0 aliphatic rings. The fourth-order valence-electron chi connectivity index (χ4n) is 1.52. The van der Waals surface area contributed by atoms with E-state index in [1.807, 2.05) is 20.8 Å². The van der Waals surface area contributed by atoms with Gasteiger partial charge in [-0.25, -0.2) is 8.42 Å². The zero-order valence-electron chi connectivity index (χ0n) is 10.9. The smallest absolute Gasteiger partial charge is 0.261 e. The number of hydrogen-bond acceptors (Lipinski definition) is 4. The number of carbonyl (C=O) groups is 1. The number of primary amides is 1. The molecule has 0 fully saturated rings. The van der Waals surface area contributed by atoms with Crippen LogP contribution in [0.4, 0.5) is 0 Å². The summed E-state index contributed by atoms with van der Waals surface area (Å²) in [7, 11) is 1.51. The average Bonchev–Trinajstić information content (AvgIpc) is 2.23. The maximum absolute atomic E-state index is 11.3. The van der Waals surface area contributed by atoms with E-state index in [2.05, 4.69) is 0 Å². The van der Waals surface area contributed by atoms with E-state index >= 15 is 0 Å². The normalized spacial score (nSPS) is 12.2. The highest BCUT2D eigenvalue weighted by Gasteiger charge is 2.22. The molecule has 7 heteroatoms. The van der Waals surface area contributed by atoms with Gasteiger partial charge in [0.05, 0.1) is 4.90 Å². The van der Waals surface area contributed by atoms with Gasteiger partial charge in [0, 0.05) is 16.2 Å². The van der Waals surface area contributed by atoms with Crippen LogP contribution in [0.25, 0.3) is 0 Å². The van der Waals surface area contributed by atoms with Gasteiger partial charge in [-0.15, -0.1) is 0 Å². The van der Waals surface area contributed by atoms with Gasteiger partial charge in [-0.3, -0.25) is 4.79 Å².